The van der Waals surface area contributed by atoms with E-state index in [1.165, 1.54) is 11.1 Å². The Bertz CT molecular complexity index is 539. The summed E-state index contributed by atoms with van der Waals surface area (Å²) >= 11 is 0. The third-order valence-electron chi connectivity index (χ3n) is 3.05. The SMILES string of the molecule is Cc1cncc(NCc2ccc(C(C)(C)C)cc2)n1. The van der Waals surface area contributed by atoms with E-state index in [-0.39, 0.29) is 5.41 Å². The summed E-state index contributed by atoms with van der Waals surface area (Å²) in [6.45, 7) is 9.38. The maximum Gasteiger partial charge on any atom is 0.145 e. The molecule has 0 amide bonds. The second kappa shape index (κ2) is 5.39. The van der Waals surface area contributed by atoms with Crippen molar-refractivity contribution < 1.29 is 0 Å². The van der Waals surface area contributed by atoms with E-state index in [2.05, 4.69) is 60.3 Å². The smallest absolute Gasteiger partial charge is 0.145 e. The first-order valence-electron chi connectivity index (χ1n) is 6.57. The van der Waals surface area contributed by atoms with Crippen LogP contribution >= 0.6 is 0 Å². The maximum atomic E-state index is 4.37. The predicted octanol–water partition coefficient (Wildman–Crippen LogP) is 3.69. The van der Waals surface area contributed by atoms with Gasteiger partial charge in [0.2, 0.25) is 0 Å². The Hall–Kier alpha value is -1.90. The van der Waals surface area contributed by atoms with Crippen LogP contribution in [0.2, 0.25) is 0 Å². The minimum absolute atomic E-state index is 0.202. The summed E-state index contributed by atoms with van der Waals surface area (Å²) in [6.07, 6.45) is 3.50. The van der Waals surface area contributed by atoms with E-state index in [9.17, 15) is 0 Å². The number of hydrogen-bond donors (Lipinski definition) is 1. The Balaban J connectivity index is 2.01. The van der Waals surface area contributed by atoms with Crippen LogP contribution in [-0.2, 0) is 12.0 Å². The largest absolute Gasteiger partial charge is 0.365 e. The van der Waals surface area contributed by atoms with Crippen molar-refractivity contribution in [3.05, 3.63) is 53.5 Å². The Morgan fingerprint density at radius 2 is 1.74 bits per heavy atom. The van der Waals surface area contributed by atoms with E-state index in [0.717, 1.165) is 18.1 Å². The van der Waals surface area contributed by atoms with Gasteiger partial charge in [-0.2, -0.15) is 0 Å². The maximum absolute atomic E-state index is 4.37. The molecule has 2 rings (SSSR count). The molecule has 0 bridgehead atoms. The third-order valence-corrected chi connectivity index (χ3v) is 3.05. The van der Waals surface area contributed by atoms with Crippen molar-refractivity contribution in [1.82, 2.24) is 9.97 Å². The zero-order valence-electron chi connectivity index (χ0n) is 12.1. The molecule has 1 aromatic carbocycles. The molecule has 0 aliphatic carbocycles. The lowest BCUT2D eigenvalue weighted by Crippen LogP contribution is -2.11. The molecule has 3 nitrogen and oxygen atoms in total. The van der Waals surface area contributed by atoms with Crippen LogP contribution in [0.5, 0.6) is 0 Å². The first kappa shape index (κ1) is 13.5. The molecule has 0 atom stereocenters. The van der Waals surface area contributed by atoms with Gasteiger partial charge in [-0.05, 0) is 23.5 Å². The molecule has 0 spiro atoms. The van der Waals surface area contributed by atoms with Crippen LogP contribution in [0.1, 0.15) is 37.6 Å². The standard InChI is InChI=1S/C16H21N3/c1-12-9-17-11-15(19-12)18-10-13-5-7-14(8-6-13)16(2,3)4/h5-9,11H,10H2,1-4H3,(H,18,19). The highest BCUT2D eigenvalue weighted by molar-refractivity contribution is 5.34. The highest BCUT2D eigenvalue weighted by atomic mass is 15.0. The van der Waals surface area contributed by atoms with Gasteiger partial charge < -0.3 is 5.32 Å². The van der Waals surface area contributed by atoms with Gasteiger partial charge in [0.25, 0.3) is 0 Å². The molecular weight excluding hydrogens is 234 g/mol. The first-order valence-corrected chi connectivity index (χ1v) is 6.57. The fourth-order valence-electron chi connectivity index (χ4n) is 1.86. The Labute approximate surface area is 115 Å². The molecule has 3 heteroatoms. The van der Waals surface area contributed by atoms with E-state index in [0.29, 0.717) is 0 Å². The summed E-state index contributed by atoms with van der Waals surface area (Å²) in [5.41, 5.74) is 3.73. The predicted molar refractivity (Wildman–Crippen MR) is 79.2 cm³/mol. The highest BCUT2D eigenvalue weighted by Gasteiger charge is 2.12. The van der Waals surface area contributed by atoms with Crippen molar-refractivity contribution in [2.45, 2.75) is 39.7 Å². The van der Waals surface area contributed by atoms with Gasteiger partial charge in [0.05, 0.1) is 11.9 Å². The highest BCUT2D eigenvalue weighted by Crippen LogP contribution is 2.22. The molecule has 0 saturated carbocycles. The fraction of sp³-hybridized carbons (Fsp3) is 0.375. The van der Waals surface area contributed by atoms with Gasteiger partial charge in [-0.15, -0.1) is 0 Å². The number of nitrogens with one attached hydrogen (secondary N) is 1. The lowest BCUT2D eigenvalue weighted by Gasteiger charge is -2.19. The zero-order valence-corrected chi connectivity index (χ0v) is 12.1. The van der Waals surface area contributed by atoms with Crippen LogP contribution < -0.4 is 5.32 Å². The number of rotatable bonds is 3. The van der Waals surface area contributed by atoms with E-state index in [4.69, 9.17) is 0 Å². The molecular formula is C16H21N3. The first-order chi connectivity index (χ1) is 8.95. The quantitative estimate of drug-likeness (QED) is 0.908. The molecule has 1 N–H and O–H groups in total. The van der Waals surface area contributed by atoms with E-state index >= 15 is 0 Å². The molecule has 1 aromatic heterocycles. The van der Waals surface area contributed by atoms with Gasteiger partial charge >= 0.3 is 0 Å². The molecule has 0 unspecified atom stereocenters. The molecule has 0 radical (unpaired) electrons. The Morgan fingerprint density at radius 3 is 2.32 bits per heavy atom. The van der Waals surface area contributed by atoms with Crippen molar-refractivity contribution in [2.24, 2.45) is 0 Å². The number of hydrogen-bond acceptors (Lipinski definition) is 3. The van der Waals surface area contributed by atoms with Crippen LogP contribution in [0, 0.1) is 6.92 Å². The average Bonchev–Trinajstić information content (AvgIpc) is 2.36. The molecule has 1 heterocycles. The molecule has 0 fully saturated rings. The lowest BCUT2D eigenvalue weighted by molar-refractivity contribution is 0.590. The number of benzene rings is 1. The van der Waals surface area contributed by atoms with Crippen LogP contribution in [0.4, 0.5) is 5.82 Å². The molecule has 0 aliphatic rings. The number of anilines is 1. The summed E-state index contributed by atoms with van der Waals surface area (Å²) in [6, 6.07) is 8.71. The van der Waals surface area contributed by atoms with Gasteiger partial charge in [-0.3, -0.25) is 4.98 Å². The fourth-order valence-corrected chi connectivity index (χ4v) is 1.86. The second-order valence-electron chi connectivity index (χ2n) is 5.85. The zero-order chi connectivity index (χ0) is 13.9. The summed E-state index contributed by atoms with van der Waals surface area (Å²) in [4.78, 5) is 8.49. The molecule has 0 saturated heterocycles. The van der Waals surface area contributed by atoms with Crippen molar-refractivity contribution in [3.63, 3.8) is 0 Å². The van der Waals surface area contributed by atoms with Crippen LogP contribution in [-0.4, -0.2) is 9.97 Å². The van der Waals surface area contributed by atoms with Crippen LogP contribution in [0.25, 0.3) is 0 Å². The topological polar surface area (TPSA) is 37.8 Å². The van der Waals surface area contributed by atoms with Crippen LogP contribution in [0.15, 0.2) is 36.7 Å². The number of aromatic nitrogens is 2. The van der Waals surface area contributed by atoms with E-state index in [1.807, 2.05) is 6.92 Å². The monoisotopic (exact) mass is 255 g/mol. The van der Waals surface area contributed by atoms with Gasteiger partial charge in [0.1, 0.15) is 5.82 Å². The summed E-state index contributed by atoms with van der Waals surface area (Å²) < 4.78 is 0. The normalized spacial score (nSPS) is 11.4. The molecule has 0 aliphatic heterocycles. The summed E-state index contributed by atoms with van der Waals surface area (Å²) in [5, 5.41) is 3.29. The van der Waals surface area contributed by atoms with Gasteiger partial charge in [-0.25, -0.2) is 4.98 Å². The second-order valence-corrected chi connectivity index (χ2v) is 5.85. The van der Waals surface area contributed by atoms with Crippen molar-refractivity contribution in [1.29, 1.82) is 0 Å². The van der Waals surface area contributed by atoms with E-state index < -0.39 is 0 Å². The summed E-state index contributed by atoms with van der Waals surface area (Å²) in [7, 11) is 0. The molecule has 2 aromatic rings. The van der Waals surface area contributed by atoms with Crippen molar-refractivity contribution in [3.8, 4) is 0 Å². The number of aryl methyl sites for hydroxylation is 1. The minimum atomic E-state index is 0.202. The Kier molecular flexibility index (Phi) is 3.84. The van der Waals surface area contributed by atoms with Gasteiger partial charge in [0.15, 0.2) is 0 Å². The Morgan fingerprint density at radius 1 is 1.05 bits per heavy atom. The average molecular weight is 255 g/mol. The minimum Gasteiger partial charge on any atom is -0.365 e. The summed E-state index contributed by atoms with van der Waals surface area (Å²) in [5.74, 6) is 0.819. The van der Waals surface area contributed by atoms with Crippen molar-refractivity contribution >= 4 is 5.82 Å². The van der Waals surface area contributed by atoms with Gasteiger partial charge in [-0.1, -0.05) is 45.0 Å². The van der Waals surface area contributed by atoms with Crippen LogP contribution in [0.3, 0.4) is 0 Å². The van der Waals surface area contributed by atoms with Gasteiger partial charge in [0, 0.05) is 12.7 Å². The lowest BCUT2D eigenvalue weighted by atomic mass is 9.87. The third kappa shape index (κ3) is 3.78. The van der Waals surface area contributed by atoms with Crippen molar-refractivity contribution in [2.75, 3.05) is 5.32 Å². The molecule has 100 valence electrons. The number of nitrogens with zero attached hydrogens (tertiary/aromatic N) is 2. The molecule has 19 heavy (non-hydrogen) atoms. The van der Waals surface area contributed by atoms with E-state index in [1.54, 1.807) is 12.4 Å².